The molecule has 4 nitrogen and oxygen atoms in total. The number of rotatable bonds is 5. The minimum Gasteiger partial charge on any atom is -0.497 e. The summed E-state index contributed by atoms with van der Waals surface area (Å²) >= 11 is 9.69. The van der Waals surface area contributed by atoms with Gasteiger partial charge in [-0.25, -0.2) is 0 Å². The first-order chi connectivity index (χ1) is 15.0. The summed E-state index contributed by atoms with van der Waals surface area (Å²) in [5, 5.41) is 1.26. The van der Waals surface area contributed by atoms with E-state index in [1.165, 1.54) is 6.08 Å². The highest BCUT2D eigenvalue weighted by atomic mass is 79.9. The van der Waals surface area contributed by atoms with Gasteiger partial charge in [-0.1, -0.05) is 57.9 Å². The number of carbonyl (C=O) groups excluding carboxylic acids is 1. The first-order valence-corrected chi connectivity index (χ1v) is 10.6. The maximum Gasteiger partial charge on any atom is 0.260 e. The van der Waals surface area contributed by atoms with Crippen LogP contribution in [0.5, 0.6) is 5.75 Å². The van der Waals surface area contributed by atoms with E-state index in [0.717, 1.165) is 15.4 Å². The van der Waals surface area contributed by atoms with Crippen LogP contribution in [0.2, 0.25) is 5.02 Å². The molecule has 4 rings (SSSR count). The van der Waals surface area contributed by atoms with E-state index in [-0.39, 0.29) is 5.56 Å². The van der Waals surface area contributed by atoms with Crippen molar-refractivity contribution in [2.45, 2.75) is 0 Å². The number of fused-ring (bicyclic) bond motifs is 1. The molecule has 0 aliphatic rings. The number of pyridine rings is 1. The number of hydrogen-bond acceptors (Lipinski definition) is 3. The topological polar surface area (TPSA) is 59.2 Å². The highest BCUT2D eigenvalue weighted by molar-refractivity contribution is 9.10. The summed E-state index contributed by atoms with van der Waals surface area (Å²) in [5.74, 6) is 0.281. The fourth-order valence-corrected chi connectivity index (χ4v) is 4.00. The number of hydrogen-bond donors (Lipinski definition) is 1. The second kappa shape index (κ2) is 8.92. The van der Waals surface area contributed by atoms with Crippen molar-refractivity contribution in [2.24, 2.45) is 0 Å². The molecule has 0 unspecified atom stereocenters. The highest BCUT2D eigenvalue weighted by Crippen LogP contribution is 2.33. The van der Waals surface area contributed by atoms with Crippen LogP contribution < -0.4 is 10.3 Å². The van der Waals surface area contributed by atoms with Crippen LogP contribution in [0.3, 0.4) is 0 Å². The van der Waals surface area contributed by atoms with Gasteiger partial charge in [-0.3, -0.25) is 9.59 Å². The zero-order valence-electron chi connectivity index (χ0n) is 16.5. The zero-order chi connectivity index (χ0) is 22.0. The van der Waals surface area contributed by atoms with E-state index in [4.69, 9.17) is 16.3 Å². The first kappa shape index (κ1) is 21.1. The standard InChI is InChI=1S/C25H17BrClNO3/c1-31-19-7-2-4-15(12-19)8-11-22(29)24-23(16-5-3-6-18(27)13-16)20-14-17(26)9-10-21(20)28-25(24)30/h2-14H,1H3,(H,28,30). The fraction of sp³-hybridized carbons (Fsp3) is 0.0400. The molecule has 0 amide bonds. The molecule has 0 radical (unpaired) electrons. The van der Waals surface area contributed by atoms with Crippen molar-refractivity contribution in [2.75, 3.05) is 7.11 Å². The SMILES string of the molecule is COc1cccc(C=CC(=O)c2c(-c3cccc(Cl)c3)c3cc(Br)ccc3[nH]c2=O)c1. The molecule has 0 saturated heterocycles. The number of ketones is 1. The third kappa shape index (κ3) is 4.48. The van der Waals surface area contributed by atoms with E-state index in [1.807, 2.05) is 42.5 Å². The van der Waals surface area contributed by atoms with Crippen LogP contribution in [-0.2, 0) is 0 Å². The average molecular weight is 495 g/mol. The van der Waals surface area contributed by atoms with Crippen molar-refractivity contribution in [3.05, 3.63) is 104 Å². The molecule has 1 N–H and O–H groups in total. The molecule has 0 bridgehead atoms. The van der Waals surface area contributed by atoms with E-state index in [2.05, 4.69) is 20.9 Å². The van der Waals surface area contributed by atoms with E-state index in [1.54, 1.807) is 37.5 Å². The van der Waals surface area contributed by atoms with Crippen LogP contribution in [0.15, 0.2) is 82.1 Å². The summed E-state index contributed by atoms with van der Waals surface area (Å²) in [6, 6.07) is 20.0. The van der Waals surface area contributed by atoms with Crippen LogP contribution in [0.1, 0.15) is 15.9 Å². The first-order valence-electron chi connectivity index (χ1n) is 9.44. The Morgan fingerprint density at radius 2 is 1.87 bits per heavy atom. The normalized spacial score (nSPS) is 11.2. The minimum atomic E-state index is -0.454. The zero-order valence-corrected chi connectivity index (χ0v) is 18.8. The fourth-order valence-electron chi connectivity index (χ4n) is 3.44. The summed E-state index contributed by atoms with van der Waals surface area (Å²) < 4.78 is 6.06. The maximum atomic E-state index is 13.2. The van der Waals surface area contributed by atoms with Crippen LogP contribution >= 0.6 is 27.5 Å². The molecule has 0 saturated carbocycles. The molecule has 0 atom stereocenters. The van der Waals surface area contributed by atoms with Crippen LogP contribution in [-0.4, -0.2) is 17.9 Å². The van der Waals surface area contributed by atoms with Gasteiger partial charge in [0, 0.05) is 26.0 Å². The highest BCUT2D eigenvalue weighted by Gasteiger charge is 2.19. The number of ether oxygens (including phenoxy) is 1. The second-order valence-electron chi connectivity index (χ2n) is 6.88. The van der Waals surface area contributed by atoms with Crippen molar-refractivity contribution < 1.29 is 9.53 Å². The Kier molecular flexibility index (Phi) is 6.07. The molecule has 0 spiro atoms. The van der Waals surface area contributed by atoms with Gasteiger partial charge in [-0.15, -0.1) is 0 Å². The quantitative estimate of drug-likeness (QED) is 0.254. The molecular formula is C25H17BrClNO3. The van der Waals surface area contributed by atoms with Gasteiger partial charge in [-0.05, 0) is 59.7 Å². The Morgan fingerprint density at radius 1 is 1.06 bits per heavy atom. The smallest absolute Gasteiger partial charge is 0.260 e. The second-order valence-corrected chi connectivity index (χ2v) is 8.23. The number of allylic oxidation sites excluding steroid dienone is 1. The monoisotopic (exact) mass is 493 g/mol. The largest absolute Gasteiger partial charge is 0.497 e. The van der Waals surface area contributed by atoms with Crippen molar-refractivity contribution >= 4 is 50.3 Å². The predicted molar refractivity (Wildman–Crippen MR) is 129 cm³/mol. The van der Waals surface area contributed by atoms with Crippen LogP contribution in [0.25, 0.3) is 28.1 Å². The number of carbonyl (C=O) groups is 1. The lowest BCUT2D eigenvalue weighted by molar-refractivity contribution is 0.104. The minimum absolute atomic E-state index is 0.0620. The summed E-state index contributed by atoms with van der Waals surface area (Å²) in [5.41, 5.74) is 2.27. The Hall–Kier alpha value is -3.15. The van der Waals surface area contributed by atoms with Gasteiger partial charge >= 0.3 is 0 Å². The lowest BCUT2D eigenvalue weighted by Gasteiger charge is -2.12. The average Bonchev–Trinajstić information content (AvgIpc) is 2.77. The maximum absolute atomic E-state index is 13.2. The van der Waals surface area contributed by atoms with Gasteiger partial charge in [0.15, 0.2) is 5.78 Å². The van der Waals surface area contributed by atoms with Crippen LogP contribution in [0.4, 0.5) is 0 Å². The number of aromatic nitrogens is 1. The lowest BCUT2D eigenvalue weighted by Crippen LogP contribution is -2.18. The summed E-state index contributed by atoms with van der Waals surface area (Å²) in [7, 11) is 1.58. The Bertz CT molecular complexity index is 1390. The van der Waals surface area contributed by atoms with E-state index in [9.17, 15) is 9.59 Å². The van der Waals surface area contributed by atoms with Crippen molar-refractivity contribution in [3.8, 4) is 16.9 Å². The number of halogens is 2. The molecule has 154 valence electrons. The molecule has 0 aliphatic carbocycles. The molecule has 1 aromatic heterocycles. The Labute approximate surface area is 192 Å². The number of benzene rings is 3. The van der Waals surface area contributed by atoms with Gasteiger partial charge in [0.05, 0.1) is 12.7 Å². The molecule has 6 heteroatoms. The molecule has 4 aromatic rings. The van der Waals surface area contributed by atoms with Crippen molar-refractivity contribution in [3.63, 3.8) is 0 Å². The van der Waals surface area contributed by atoms with E-state index in [0.29, 0.717) is 27.4 Å². The summed E-state index contributed by atoms with van der Waals surface area (Å²) in [4.78, 5) is 29.0. The predicted octanol–water partition coefficient (Wildman–Crippen LogP) is 6.52. The summed E-state index contributed by atoms with van der Waals surface area (Å²) in [6.45, 7) is 0. The third-order valence-corrected chi connectivity index (χ3v) is 5.59. The van der Waals surface area contributed by atoms with Gasteiger partial charge in [0.2, 0.25) is 0 Å². The van der Waals surface area contributed by atoms with E-state index < -0.39 is 11.3 Å². The number of H-pyrrole nitrogens is 1. The molecule has 31 heavy (non-hydrogen) atoms. The Balaban J connectivity index is 1.91. The molecule has 1 heterocycles. The molecule has 0 fully saturated rings. The van der Waals surface area contributed by atoms with Gasteiger partial charge < -0.3 is 9.72 Å². The van der Waals surface area contributed by atoms with Gasteiger partial charge in [0.25, 0.3) is 5.56 Å². The van der Waals surface area contributed by atoms with Gasteiger partial charge in [0.1, 0.15) is 5.75 Å². The lowest BCUT2D eigenvalue weighted by atomic mass is 9.94. The van der Waals surface area contributed by atoms with E-state index >= 15 is 0 Å². The molecule has 0 aliphatic heterocycles. The van der Waals surface area contributed by atoms with Crippen LogP contribution in [0, 0.1) is 0 Å². The molecular weight excluding hydrogens is 478 g/mol. The van der Waals surface area contributed by atoms with Gasteiger partial charge in [-0.2, -0.15) is 0 Å². The van der Waals surface area contributed by atoms with Crippen molar-refractivity contribution in [1.82, 2.24) is 4.98 Å². The molecule has 3 aromatic carbocycles. The Morgan fingerprint density at radius 3 is 2.65 bits per heavy atom. The van der Waals surface area contributed by atoms with Crippen molar-refractivity contribution in [1.29, 1.82) is 0 Å². The summed E-state index contributed by atoms with van der Waals surface area (Å²) in [6.07, 6.45) is 3.06. The number of aromatic amines is 1. The third-order valence-electron chi connectivity index (χ3n) is 4.86. The number of nitrogens with one attached hydrogen (secondary N) is 1. The number of methoxy groups -OCH3 is 1.